The molecule has 1 heteroatoms. The summed E-state index contributed by atoms with van der Waals surface area (Å²) < 4.78 is 0. The molecule has 0 amide bonds. The maximum absolute atomic E-state index is 4.36. The third-order valence-electron chi connectivity index (χ3n) is 9.45. The predicted molar refractivity (Wildman–Crippen MR) is 207 cm³/mol. The highest BCUT2D eigenvalue weighted by molar-refractivity contribution is 5.71. The van der Waals surface area contributed by atoms with Gasteiger partial charge in [-0.25, -0.2) is 0 Å². The molecule has 0 spiro atoms. The summed E-state index contributed by atoms with van der Waals surface area (Å²) in [6.45, 7) is 31.2. The van der Waals surface area contributed by atoms with Gasteiger partial charge in [0.1, 0.15) is 0 Å². The molecule has 248 valence electrons. The third kappa shape index (κ3) is 8.81. The quantitative estimate of drug-likeness (QED) is 0.236. The first-order chi connectivity index (χ1) is 21.9. The minimum Gasteiger partial charge on any atom is -0.394 e. The number of fused-ring (bicyclic) bond motifs is 1. The van der Waals surface area contributed by atoms with E-state index < -0.39 is 0 Å². The topological polar surface area (TPSA) is 12.0 Å². The molecule has 0 aromatic heterocycles. The van der Waals surface area contributed by atoms with E-state index >= 15 is 0 Å². The van der Waals surface area contributed by atoms with Gasteiger partial charge in [0.15, 0.2) is 0 Å². The van der Waals surface area contributed by atoms with E-state index in [4.69, 9.17) is 0 Å². The molecule has 0 aliphatic heterocycles. The second kappa shape index (κ2) is 17.9. The highest BCUT2D eigenvalue weighted by atomic mass is 14.8. The van der Waals surface area contributed by atoms with Gasteiger partial charge in [-0.1, -0.05) is 172 Å². The van der Waals surface area contributed by atoms with Gasteiger partial charge in [0.05, 0.1) is 0 Å². The van der Waals surface area contributed by atoms with E-state index in [9.17, 15) is 0 Å². The molecule has 0 fully saturated rings. The summed E-state index contributed by atoms with van der Waals surface area (Å²) in [6, 6.07) is 22.6. The van der Waals surface area contributed by atoms with Crippen LogP contribution in [0.15, 0.2) is 108 Å². The first kappa shape index (κ1) is 38.6. The Morgan fingerprint density at radius 2 is 1.54 bits per heavy atom. The van der Waals surface area contributed by atoms with Gasteiger partial charge in [-0.05, 0) is 83.0 Å². The number of hydrogen-bond acceptors (Lipinski definition) is 1. The zero-order chi connectivity index (χ0) is 34.6. The van der Waals surface area contributed by atoms with E-state index in [0.717, 1.165) is 6.42 Å². The fraction of sp³-hybridized carbons (Fsp3) is 0.422. The second-order valence-corrected chi connectivity index (χ2v) is 13.4. The van der Waals surface area contributed by atoms with Gasteiger partial charge in [0.2, 0.25) is 0 Å². The fourth-order valence-corrected chi connectivity index (χ4v) is 6.52. The highest BCUT2D eigenvalue weighted by Crippen LogP contribution is 2.47. The SMILES string of the molecule is C=C(/C=C(/C)C(C)c1c(C(C)c2cccc3c2C/C(=C\C=C/NC)C3(C)C)ccc(-c2ccccc2)c1C)C(C)C.CC.CCC. The number of rotatable bonds is 9. The van der Waals surface area contributed by atoms with Gasteiger partial charge < -0.3 is 5.32 Å². The summed E-state index contributed by atoms with van der Waals surface area (Å²) in [7, 11) is 1.95. The molecule has 3 aromatic carbocycles. The number of benzene rings is 3. The Bertz CT molecular complexity index is 1510. The molecule has 1 N–H and O–H groups in total. The van der Waals surface area contributed by atoms with E-state index in [0.29, 0.717) is 5.92 Å². The first-order valence-corrected chi connectivity index (χ1v) is 17.6. The molecule has 1 nitrogen and oxygen atoms in total. The van der Waals surface area contributed by atoms with E-state index in [2.05, 4.69) is 160 Å². The normalized spacial score (nSPS) is 15.9. The summed E-state index contributed by atoms with van der Waals surface area (Å²) in [4.78, 5) is 0. The van der Waals surface area contributed by atoms with Crippen LogP contribution in [0, 0.1) is 12.8 Å². The van der Waals surface area contributed by atoms with Crippen molar-refractivity contribution in [3.05, 3.63) is 142 Å². The molecule has 4 rings (SSSR count). The molecule has 2 unspecified atom stereocenters. The number of hydrogen-bond donors (Lipinski definition) is 1. The van der Waals surface area contributed by atoms with Gasteiger partial charge in [-0.3, -0.25) is 0 Å². The third-order valence-corrected chi connectivity index (χ3v) is 9.45. The molecular weight excluding hydrogens is 555 g/mol. The van der Waals surface area contributed by atoms with E-state index in [1.165, 1.54) is 67.6 Å². The highest BCUT2D eigenvalue weighted by Gasteiger charge is 2.36. The fourth-order valence-electron chi connectivity index (χ4n) is 6.52. The maximum atomic E-state index is 4.36. The van der Waals surface area contributed by atoms with Crippen molar-refractivity contribution in [3.8, 4) is 11.1 Å². The lowest BCUT2D eigenvalue weighted by atomic mass is 9.76. The molecule has 46 heavy (non-hydrogen) atoms. The molecule has 0 radical (unpaired) electrons. The molecular formula is C45H63N. The molecule has 0 saturated heterocycles. The average Bonchev–Trinajstić information content (AvgIpc) is 3.31. The van der Waals surface area contributed by atoms with Gasteiger partial charge in [0, 0.05) is 24.3 Å². The predicted octanol–water partition coefficient (Wildman–Crippen LogP) is 13.0. The average molecular weight is 618 g/mol. The molecule has 3 aromatic rings. The first-order valence-electron chi connectivity index (χ1n) is 17.6. The molecule has 1 aliphatic carbocycles. The Balaban J connectivity index is 0.00000139. The molecule has 0 heterocycles. The van der Waals surface area contributed by atoms with Crippen LogP contribution < -0.4 is 5.32 Å². The minimum absolute atomic E-state index is 0.0167. The summed E-state index contributed by atoms with van der Waals surface area (Å²) in [5.74, 6) is 0.990. The largest absolute Gasteiger partial charge is 0.394 e. The van der Waals surface area contributed by atoms with Gasteiger partial charge in [-0.2, -0.15) is 0 Å². The lowest BCUT2D eigenvalue weighted by Crippen LogP contribution is -2.15. The van der Waals surface area contributed by atoms with Crippen LogP contribution in [-0.2, 0) is 11.8 Å². The van der Waals surface area contributed by atoms with Crippen molar-refractivity contribution in [1.82, 2.24) is 5.32 Å². The lowest BCUT2D eigenvalue weighted by Gasteiger charge is -2.28. The van der Waals surface area contributed by atoms with E-state index in [1.807, 2.05) is 27.1 Å². The standard InChI is InChI=1S/C40H49N.C3H8.C2H6/c1-26(2)27(3)24-28(4)29(5)39-31(7)34(32-16-12-11-13-17-32)21-22-36(39)30(6)35-19-14-20-38-37(35)25-33(40(38,8)9)18-15-23-41-10;1-3-2;1-2/h11-24,26,29-30,41H,3,25H2,1-2,4-10H3;3H2,1-2H3;1-2H3/b23-15-,28-24-,33-18+;;. The summed E-state index contributed by atoms with van der Waals surface area (Å²) in [5.41, 5.74) is 15.3. The van der Waals surface area contributed by atoms with Crippen LogP contribution in [0.2, 0.25) is 0 Å². The van der Waals surface area contributed by atoms with Crippen LogP contribution >= 0.6 is 0 Å². The van der Waals surface area contributed by atoms with Crippen LogP contribution in [0.3, 0.4) is 0 Å². The second-order valence-electron chi connectivity index (χ2n) is 13.4. The van der Waals surface area contributed by atoms with Gasteiger partial charge in [-0.15, -0.1) is 0 Å². The molecule has 2 atom stereocenters. The number of nitrogens with one attached hydrogen (secondary N) is 1. The van der Waals surface area contributed by atoms with Crippen molar-refractivity contribution in [3.63, 3.8) is 0 Å². The van der Waals surface area contributed by atoms with Crippen LogP contribution in [-0.4, -0.2) is 7.05 Å². The Morgan fingerprint density at radius 1 is 0.913 bits per heavy atom. The van der Waals surface area contributed by atoms with Gasteiger partial charge in [0.25, 0.3) is 0 Å². The molecule has 1 aliphatic rings. The monoisotopic (exact) mass is 617 g/mol. The summed E-state index contributed by atoms with van der Waals surface area (Å²) in [5, 5.41) is 3.12. The Morgan fingerprint density at radius 3 is 2.13 bits per heavy atom. The molecule has 0 saturated carbocycles. The smallest absolute Gasteiger partial charge is 0.0114 e. The van der Waals surface area contributed by atoms with Crippen LogP contribution in [0.1, 0.15) is 128 Å². The van der Waals surface area contributed by atoms with Crippen LogP contribution in [0.25, 0.3) is 11.1 Å². The van der Waals surface area contributed by atoms with Crippen molar-refractivity contribution < 1.29 is 0 Å². The Kier molecular flexibility index (Phi) is 15.1. The van der Waals surface area contributed by atoms with Gasteiger partial charge >= 0.3 is 0 Å². The van der Waals surface area contributed by atoms with Crippen LogP contribution in [0.5, 0.6) is 0 Å². The molecule has 0 bridgehead atoms. The van der Waals surface area contributed by atoms with Crippen molar-refractivity contribution in [2.45, 2.75) is 113 Å². The van der Waals surface area contributed by atoms with E-state index in [1.54, 1.807) is 0 Å². The summed E-state index contributed by atoms with van der Waals surface area (Å²) in [6.07, 6.45) is 11.0. The van der Waals surface area contributed by atoms with Crippen molar-refractivity contribution in [2.75, 3.05) is 7.05 Å². The Hall–Kier alpha value is -3.58. The van der Waals surface area contributed by atoms with Crippen molar-refractivity contribution in [1.29, 1.82) is 0 Å². The van der Waals surface area contributed by atoms with Crippen molar-refractivity contribution >= 4 is 0 Å². The lowest BCUT2D eigenvalue weighted by molar-refractivity contribution is 0.644. The van der Waals surface area contributed by atoms with Crippen LogP contribution in [0.4, 0.5) is 0 Å². The number of allylic oxidation sites excluding steroid dienone is 6. The minimum atomic E-state index is 0.0167. The summed E-state index contributed by atoms with van der Waals surface area (Å²) >= 11 is 0. The zero-order valence-corrected chi connectivity index (χ0v) is 31.4. The maximum Gasteiger partial charge on any atom is 0.0114 e. The Labute approximate surface area is 283 Å². The van der Waals surface area contributed by atoms with E-state index in [-0.39, 0.29) is 17.3 Å². The van der Waals surface area contributed by atoms with Crippen molar-refractivity contribution in [2.24, 2.45) is 5.92 Å². The zero-order valence-electron chi connectivity index (χ0n) is 31.4.